The zero-order chi connectivity index (χ0) is 16.2. The number of carbonyl (C=O) groups excluding carboxylic acids is 1. The number of hydrogen-bond donors (Lipinski definition) is 2. The van der Waals surface area contributed by atoms with Gasteiger partial charge in [0, 0.05) is 27.8 Å². The molecule has 1 aliphatic carbocycles. The first-order chi connectivity index (χ1) is 11.2. The standard InChI is InChI=1S/C17H21N3OS2.ClH/c1-22-14-7-5-11(6-8-14)15-10-23-17(19-15)20-16(21)12-3-2-4-13(18)9-12;/h5-8,10,12-13H,2-4,9,18H2,1H3,(H,19,20,21);1H. The molecular formula is C17H22ClN3OS2. The third-order valence-electron chi connectivity index (χ3n) is 4.21. The van der Waals surface area contributed by atoms with Crippen molar-refractivity contribution in [3.05, 3.63) is 29.6 Å². The highest BCUT2D eigenvalue weighted by Crippen LogP contribution is 2.28. The summed E-state index contributed by atoms with van der Waals surface area (Å²) in [5.41, 5.74) is 7.94. The number of thioether (sulfide) groups is 1. The second kappa shape index (κ2) is 8.85. The molecule has 2 atom stereocenters. The van der Waals surface area contributed by atoms with Crippen LogP contribution < -0.4 is 11.1 Å². The Morgan fingerprint density at radius 3 is 2.75 bits per heavy atom. The highest BCUT2D eigenvalue weighted by molar-refractivity contribution is 7.98. The first-order valence-corrected chi connectivity index (χ1v) is 9.92. The van der Waals surface area contributed by atoms with Gasteiger partial charge >= 0.3 is 0 Å². The number of benzene rings is 1. The molecule has 7 heteroatoms. The maximum absolute atomic E-state index is 12.3. The van der Waals surface area contributed by atoms with Crippen LogP contribution in [-0.4, -0.2) is 23.2 Å². The Morgan fingerprint density at radius 1 is 1.33 bits per heavy atom. The fraction of sp³-hybridized carbons (Fsp3) is 0.412. The molecule has 4 nitrogen and oxygen atoms in total. The lowest BCUT2D eigenvalue weighted by molar-refractivity contribution is -0.120. The molecule has 0 bridgehead atoms. The average Bonchev–Trinajstić information content (AvgIpc) is 3.03. The van der Waals surface area contributed by atoms with E-state index < -0.39 is 0 Å². The molecule has 1 aliphatic rings. The van der Waals surface area contributed by atoms with Crippen molar-refractivity contribution in [2.45, 2.75) is 36.6 Å². The van der Waals surface area contributed by atoms with Gasteiger partial charge < -0.3 is 11.1 Å². The van der Waals surface area contributed by atoms with Gasteiger partial charge in [0.15, 0.2) is 5.13 Å². The highest BCUT2D eigenvalue weighted by Gasteiger charge is 2.25. The average molecular weight is 384 g/mol. The van der Waals surface area contributed by atoms with Crippen LogP contribution in [0.3, 0.4) is 0 Å². The number of nitrogens with zero attached hydrogens (tertiary/aromatic N) is 1. The Bertz CT molecular complexity index is 675. The van der Waals surface area contributed by atoms with Crippen LogP contribution in [0.25, 0.3) is 11.3 Å². The largest absolute Gasteiger partial charge is 0.328 e. The molecule has 1 aromatic heterocycles. The first kappa shape index (κ1) is 19.2. The number of rotatable bonds is 4. The molecular weight excluding hydrogens is 362 g/mol. The monoisotopic (exact) mass is 383 g/mol. The van der Waals surface area contributed by atoms with Crippen LogP contribution in [0.5, 0.6) is 0 Å². The molecule has 3 N–H and O–H groups in total. The van der Waals surface area contributed by atoms with Crippen LogP contribution in [0.4, 0.5) is 5.13 Å². The van der Waals surface area contributed by atoms with E-state index in [1.165, 1.54) is 16.2 Å². The summed E-state index contributed by atoms with van der Waals surface area (Å²) < 4.78 is 0. The number of nitrogens with two attached hydrogens (primary N) is 1. The smallest absolute Gasteiger partial charge is 0.229 e. The van der Waals surface area contributed by atoms with Crippen LogP contribution >= 0.6 is 35.5 Å². The summed E-state index contributed by atoms with van der Waals surface area (Å²) in [5, 5.41) is 5.60. The molecule has 0 spiro atoms. The SMILES string of the molecule is CSc1ccc(-c2csc(NC(=O)C3CCCC(N)C3)n2)cc1.Cl. The van der Waals surface area contributed by atoms with Crippen LogP contribution in [0.15, 0.2) is 34.5 Å². The lowest BCUT2D eigenvalue weighted by atomic mass is 9.86. The number of amides is 1. The van der Waals surface area contributed by atoms with Gasteiger partial charge in [-0.3, -0.25) is 4.79 Å². The second-order valence-corrected chi connectivity index (χ2v) is 7.62. The molecule has 0 aliphatic heterocycles. The van der Waals surface area contributed by atoms with E-state index >= 15 is 0 Å². The van der Waals surface area contributed by atoms with Crippen molar-refractivity contribution in [1.82, 2.24) is 4.98 Å². The van der Waals surface area contributed by atoms with Crippen LogP contribution in [0, 0.1) is 5.92 Å². The van der Waals surface area contributed by atoms with E-state index in [0.717, 1.165) is 36.9 Å². The van der Waals surface area contributed by atoms with Crippen molar-refractivity contribution in [2.24, 2.45) is 11.7 Å². The number of carbonyl (C=O) groups is 1. The van der Waals surface area contributed by atoms with Gasteiger partial charge in [0.2, 0.25) is 5.91 Å². The van der Waals surface area contributed by atoms with Crippen molar-refractivity contribution in [1.29, 1.82) is 0 Å². The summed E-state index contributed by atoms with van der Waals surface area (Å²) in [7, 11) is 0. The summed E-state index contributed by atoms with van der Waals surface area (Å²) >= 11 is 3.19. The summed E-state index contributed by atoms with van der Waals surface area (Å²) in [5.74, 6) is 0.0748. The molecule has 24 heavy (non-hydrogen) atoms. The van der Waals surface area contributed by atoms with Gasteiger partial charge in [0.05, 0.1) is 5.69 Å². The fourth-order valence-corrected chi connectivity index (χ4v) is 4.03. The van der Waals surface area contributed by atoms with Gasteiger partial charge in [-0.05, 0) is 37.7 Å². The number of halogens is 1. The van der Waals surface area contributed by atoms with Crippen LogP contribution in [0.2, 0.25) is 0 Å². The maximum Gasteiger partial charge on any atom is 0.229 e. The summed E-state index contributed by atoms with van der Waals surface area (Å²) in [6, 6.07) is 8.45. The molecule has 1 amide bonds. The summed E-state index contributed by atoms with van der Waals surface area (Å²) in [4.78, 5) is 18.1. The molecule has 1 aromatic carbocycles. The third kappa shape index (κ3) is 4.72. The minimum absolute atomic E-state index is 0. The Morgan fingerprint density at radius 2 is 2.08 bits per heavy atom. The van der Waals surface area contributed by atoms with Gasteiger partial charge in [0.1, 0.15) is 0 Å². The highest BCUT2D eigenvalue weighted by atomic mass is 35.5. The number of hydrogen-bond acceptors (Lipinski definition) is 5. The van der Waals surface area contributed by atoms with Crippen molar-refractivity contribution < 1.29 is 4.79 Å². The molecule has 0 saturated heterocycles. The Labute approximate surface area is 157 Å². The van der Waals surface area contributed by atoms with E-state index in [-0.39, 0.29) is 30.3 Å². The van der Waals surface area contributed by atoms with E-state index in [1.54, 1.807) is 11.8 Å². The molecule has 1 fully saturated rings. The normalized spacial score (nSPS) is 20.2. The topological polar surface area (TPSA) is 68.0 Å². The van der Waals surface area contributed by atoms with Gasteiger partial charge in [-0.15, -0.1) is 35.5 Å². The number of nitrogens with one attached hydrogen (secondary N) is 1. The quantitative estimate of drug-likeness (QED) is 0.767. The van der Waals surface area contributed by atoms with E-state index in [0.29, 0.717) is 5.13 Å². The number of anilines is 1. The third-order valence-corrected chi connectivity index (χ3v) is 5.71. The predicted octanol–water partition coefficient (Wildman–Crippen LogP) is 4.41. The van der Waals surface area contributed by atoms with Gasteiger partial charge in [-0.2, -0.15) is 0 Å². The Balaban J connectivity index is 0.00000208. The van der Waals surface area contributed by atoms with Crippen molar-refractivity contribution >= 4 is 46.5 Å². The van der Waals surface area contributed by atoms with Gasteiger partial charge in [-0.1, -0.05) is 18.6 Å². The first-order valence-electron chi connectivity index (χ1n) is 7.82. The lowest BCUT2D eigenvalue weighted by Crippen LogP contribution is -2.34. The van der Waals surface area contributed by atoms with E-state index in [1.807, 2.05) is 5.38 Å². The maximum atomic E-state index is 12.3. The molecule has 3 rings (SSSR count). The van der Waals surface area contributed by atoms with Crippen molar-refractivity contribution in [2.75, 3.05) is 11.6 Å². The van der Waals surface area contributed by atoms with Crippen molar-refractivity contribution in [3.8, 4) is 11.3 Å². The van der Waals surface area contributed by atoms with Crippen LogP contribution in [-0.2, 0) is 4.79 Å². The van der Waals surface area contributed by atoms with Gasteiger partial charge in [-0.25, -0.2) is 4.98 Å². The molecule has 130 valence electrons. The molecule has 1 heterocycles. The molecule has 2 unspecified atom stereocenters. The second-order valence-electron chi connectivity index (χ2n) is 5.88. The minimum Gasteiger partial charge on any atom is -0.328 e. The zero-order valence-corrected chi connectivity index (χ0v) is 16.0. The lowest BCUT2D eigenvalue weighted by Gasteiger charge is -2.25. The molecule has 2 aromatic rings. The van der Waals surface area contributed by atoms with Crippen LogP contribution in [0.1, 0.15) is 25.7 Å². The van der Waals surface area contributed by atoms with Crippen molar-refractivity contribution in [3.63, 3.8) is 0 Å². The Kier molecular flexibility index (Phi) is 7.10. The number of aromatic nitrogens is 1. The summed E-state index contributed by atoms with van der Waals surface area (Å²) in [6.45, 7) is 0. The fourth-order valence-electron chi connectivity index (χ4n) is 2.90. The minimum atomic E-state index is 0. The Hall–Kier alpha value is -1.08. The zero-order valence-electron chi connectivity index (χ0n) is 13.5. The number of thiazole rings is 1. The molecule has 0 radical (unpaired) electrons. The predicted molar refractivity (Wildman–Crippen MR) is 105 cm³/mol. The van der Waals surface area contributed by atoms with E-state index in [9.17, 15) is 4.79 Å². The molecule has 1 saturated carbocycles. The van der Waals surface area contributed by atoms with E-state index in [2.05, 4.69) is 40.8 Å². The van der Waals surface area contributed by atoms with Gasteiger partial charge in [0.25, 0.3) is 0 Å². The van der Waals surface area contributed by atoms with E-state index in [4.69, 9.17) is 5.73 Å². The summed E-state index contributed by atoms with van der Waals surface area (Å²) in [6.07, 6.45) is 5.82.